The standard InChI is InChI=1S/C28H26N2.2C2H6/c1-19-10-13-26-25(15-19)28(24-8-6-5-7-9-24)27(22(4)17-30-26)21(3)11-12-23-14-20(2)16-29-18-23;2*1-2/h5-16,18,30H,3-4,17H2,1-2H3;2*1-2H3/b12-11+;;. The first kappa shape index (κ1) is 26.6. The fourth-order valence-electron chi connectivity index (χ4n) is 3.86. The molecule has 0 spiro atoms. The molecule has 0 saturated carbocycles. The molecule has 0 saturated heterocycles. The van der Waals surface area contributed by atoms with Crippen LogP contribution in [0, 0.1) is 13.8 Å². The van der Waals surface area contributed by atoms with Crippen LogP contribution in [0.15, 0.2) is 103 Å². The van der Waals surface area contributed by atoms with Gasteiger partial charge in [0.2, 0.25) is 0 Å². The predicted molar refractivity (Wildman–Crippen MR) is 151 cm³/mol. The van der Waals surface area contributed by atoms with E-state index in [0.29, 0.717) is 6.54 Å². The lowest BCUT2D eigenvalue weighted by Crippen LogP contribution is -2.04. The number of nitrogens with zero attached hydrogens (tertiary/aromatic N) is 1. The number of anilines is 1. The lowest BCUT2D eigenvalue weighted by atomic mass is 9.86. The van der Waals surface area contributed by atoms with Crippen LogP contribution in [-0.2, 0) is 0 Å². The van der Waals surface area contributed by atoms with E-state index in [9.17, 15) is 0 Å². The Morgan fingerprint density at radius 2 is 1.62 bits per heavy atom. The van der Waals surface area contributed by atoms with Crippen molar-refractivity contribution >= 4 is 17.3 Å². The zero-order valence-electron chi connectivity index (χ0n) is 21.6. The summed E-state index contributed by atoms with van der Waals surface area (Å²) < 4.78 is 0. The first-order valence-electron chi connectivity index (χ1n) is 12.1. The summed E-state index contributed by atoms with van der Waals surface area (Å²) >= 11 is 0. The molecule has 0 unspecified atom stereocenters. The average Bonchev–Trinajstić information content (AvgIpc) is 3.01. The quantitative estimate of drug-likeness (QED) is 0.402. The Morgan fingerprint density at radius 1 is 0.912 bits per heavy atom. The van der Waals surface area contributed by atoms with Gasteiger partial charge in [-0.2, -0.15) is 0 Å². The van der Waals surface area contributed by atoms with Crippen LogP contribution in [0.3, 0.4) is 0 Å². The second-order valence-corrected chi connectivity index (χ2v) is 7.78. The molecule has 2 heteroatoms. The molecular formula is C32H38N2. The maximum Gasteiger partial charge on any atom is 0.0423 e. The van der Waals surface area contributed by atoms with Gasteiger partial charge in [0.1, 0.15) is 0 Å². The molecule has 1 aliphatic rings. The zero-order chi connectivity index (χ0) is 25.1. The van der Waals surface area contributed by atoms with E-state index in [1.165, 1.54) is 16.7 Å². The zero-order valence-corrected chi connectivity index (χ0v) is 21.6. The fourth-order valence-corrected chi connectivity index (χ4v) is 3.86. The van der Waals surface area contributed by atoms with E-state index in [1.807, 2.05) is 53.1 Å². The van der Waals surface area contributed by atoms with Crippen molar-refractivity contribution in [2.75, 3.05) is 11.9 Å². The molecule has 2 aromatic carbocycles. The van der Waals surface area contributed by atoms with Gasteiger partial charge in [0, 0.05) is 30.2 Å². The first-order valence-corrected chi connectivity index (χ1v) is 12.1. The second-order valence-electron chi connectivity index (χ2n) is 7.78. The van der Waals surface area contributed by atoms with Gasteiger partial charge < -0.3 is 5.32 Å². The molecule has 4 rings (SSSR count). The molecule has 0 fully saturated rings. The van der Waals surface area contributed by atoms with Gasteiger partial charge in [0.15, 0.2) is 0 Å². The van der Waals surface area contributed by atoms with Crippen molar-refractivity contribution < 1.29 is 0 Å². The second kappa shape index (κ2) is 13.2. The maximum atomic E-state index is 4.43. The van der Waals surface area contributed by atoms with Crippen LogP contribution in [0.4, 0.5) is 5.69 Å². The number of nitrogens with one attached hydrogen (secondary N) is 1. The minimum Gasteiger partial charge on any atom is -0.380 e. The van der Waals surface area contributed by atoms with Crippen molar-refractivity contribution in [2.45, 2.75) is 41.5 Å². The van der Waals surface area contributed by atoms with Crippen LogP contribution in [0.5, 0.6) is 0 Å². The maximum absolute atomic E-state index is 4.43. The number of rotatable bonds is 4. The van der Waals surface area contributed by atoms with Crippen LogP contribution >= 0.6 is 0 Å². The molecule has 34 heavy (non-hydrogen) atoms. The predicted octanol–water partition coefficient (Wildman–Crippen LogP) is 8.80. The molecule has 0 radical (unpaired) electrons. The lowest BCUT2D eigenvalue weighted by molar-refractivity contribution is 1.25. The van der Waals surface area contributed by atoms with Gasteiger partial charge in [-0.25, -0.2) is 0 Å². The minimum absolute atomic E-state index is 0.681. The van der Waals surface area contributed by atoms with E-state index >= 15 is 0 Å². The summed E-state index contributed by atoms with van der Waals surface area (Å²) in [4.78, 5) is 4.29. The topological polar surface area (TPSA) is 24.9 Å². The monoisotopic (exact) mass is 450 g/mol. The van der Waals surface area contributed by atoms with Gasteiger partial charge in [0.25, 0.3) is 0 Å². The minimum atomic E-state index is 0.681. The van der Waals surface area contributed by atoms with Crippen molar-refractivity contribution in [1.29, 1.82) is 0 Å². The van der Waals surface area contributed by atoms with E-state index in [4.69, 9.17) is 0 Å². The summed E-state index contributed by atoms with van der Waals surface area (Å²) in [6.45, 7) is 21.7. The van der Waals surface area contributed by atoms with Crippen LogP contribution in [0.25, 0.3) is 11.6 Å². The van der Waals surface area contributed by atoms with E-state index in [2.05, 4.69) is 91.1 Å². The number of allylic oxidation sites excluding steroid dienone is 2. The van der Waals surface area contributed by atoms with E-state index < -0.39 is 0 Å². The summed E-state index contributed by atoms with van der Waals surface area (Å²) in [6, 6.07) is 19.2. The molecule has 1 aliphatic heterocycles. The van der Waals surface area contributed by atoms with Crippen LogP contribution in [0.1, 0.15) is 55.5 Å². The van der Waals surface area contributed by atoms with Crippen LogP contribution < -0.4 is 5.32 Å². The average molecular weight is 451 g/mol. The van der Waals surface area contributed by atoms with E-state index in [1.54, 1.807) is 0 Å². The van der Waals surface area contributed by atoms with Gasteiger partial charge in [-0.15, -0.1) is 0 Å². The highest BCUT2D eigenvalue weighted by Gasteiger charge is 2.22. The number of hydrogen-bond donors (Lipinski definition) is 1. The number of fused-ring (bicyclic) bond motifs is 1. The van der Waals surface area contributed by atoms with E-state index in [0.717, 1.165) is 39.1 Å². The van der Waals surface area contributed by atoms with Crippen LogP contribution in [0.2, 0.25) is 0 Å². The highest BCUT2D eigenvalue weighted by Crippen LogP contribution is 2.40. The normalized spacial score (nSPS) is 12.5. The fraction of sp³-hybridized carbons (Fsp3) is 0.219. The molecule has 2 heterocycles. The Labute approximate surface area is 206 Å². The molecule has 0 atom stereocenters. The van der Waals surface area contributed by atoms with E-state index in [-0.39, 0.29) is 0 Å². The Kier molecular flexibility index (Phi) is 10.3. The number of pyridine rings is 1. The van der Waals surface area contributed by atoms with Crippen molar-refractivity contribution in [3.63, 3.8) is 0 Å². The number of aromatic nitrogens is 1. The molecule has 0 amide bonds. The SMILES string of the molecule is C=C(/C=C/c1cncc(C)c1)C1=C(c2ccccc2)c2cc(C)ccc2NCC1=C.CC.CC. The molecule has 0 bridgehead atoms. The van der Waals surface area contributed by atoms with Crippen LogP contribution in [-0.4, -0.2) is 11.5 Å². The van der Waals surface area contributed by atoms with Crippen molar-refractivity contribution in [3.8, 4) is 0 Å². The molecule has 2 nitrogen and oxygen atoms in total. The Bertz CT molecular complexity index is 1180. The van der Waals surface area contributed by atoms with Crippen molar-refractivity contribution in [1.82, 2.24) is 4.98 Å². The number of hydrogen-bond acceptors (Lipinski definition) is 2. The third-order valence-corrected chi connectivity index (χ3v) is 5.30. The summed E-state index contributed by atoms with van der Waals surface area (Å²) in [5, 5.41) is 3.55. The first-order chi connectivity index (χ1) is 16.5. The number of benzene rings is 2. The highest BCUT2D eigenvalue weighted by molar-refractivity contribution is 5.94. The summed E-state index contributed by atoms with van der Waals surface area (Å²) in [5.41, 5.74) is 11.1. The Hall–Kier alpha value is -3.65. The third-order valence-electron chi connectivity index (χ3n) is 5.30. The molecule has 1 N–H and O–H groups in total. The smallest absolute Gasteiger partial charge is 0.0423 e. The Morgan fingerprint density at radius 3 is 2.29 bits per heavy atom. The lowest BCUT2D eigenvalue weighted by Gasteiger charge is -2.17. The Balaban J connectivity index is 0.000000970. The molecule has 1 aromatic heterocycles. The molecular weight excluding hydrogens is 412 g/mol. The summed E-state index contributed by atoms with van der Waals surface area (Å²) in [5.74, 6) is 0. The molecule has 3 aromatic rings. The highest BCUT2D eigenvalue weighted by atomic mass is 14.9. The third kappa shape index (κ3) is 6.45. The summed E-state index contributed by atoms with van der Waals surface area (Å²) in [7, 11) is 0. The van der Waals surface area contributed by atoms with Crippen molar-refractivity contribution in [2.24, 2.45) is 0 Å². The van der Waals surface area contributed by atoms with Gasteiger partial charge >= 0.3 is 0 Å². The molecule has 176 valence electrons. The van der Waals surface area contributed by atoms with Gasteiger partial charge in [-0.05, 0) is 71.0 Å². The van der Waals surface area contributed by atoms with Gasteiger partial charge in [-0.3, -0.25) is 4.98 Å². The van der Waals surface area contributed by atoms with Crippen molar-refractivity contribution in [3.05, 3.63) is 131 Å². The van der Waals surface area contributed by atoms with Gasteiger partial charge in [0.05, 0.1) is 0 Å². The summed E-state index contributed by atoms with van der Waals surface area (Å²) in [6.07, 6.45) is 7.87. The largest absolute Gasteiger partial charge is 0.380 e. The number of aryl methyl sites for hydroxylation is 2. The van der Waals surface area contributed by atoms with Gasteiger partial charge in [-0.1, -0.05) is 95.0 Å². The molecule has 0 aliphatic carbocycles.